The fourth-order valence-corrected chi connectivity index (χ4v) is 2.52. The van der Waals surface area contributed by atoms with Crippen LogP contribution in [0.3, 0.4) is 0 Å². The lowest BCUT2D eigenvalue weighted by Gasteiger charge is -2.34. The number of nitrogens with one attached hydrogen (secondary N) is 1. The van der Waals surface area contributed by atoms with Crippen molar-refractivity contribution in [3.8, 4) is 0 Å². The first-order valence-electron chi connectivity index (χ1n) is 6.94. The zero-order chi connectivity index (χ0) is 15.4. The Kier molecular flexibility index (Phi) is 4.90. The molecule has 0 saturated heterocycles. The molecule has 2 rings (SSSR count). The number of rotatable bonds is 6. The molecule has 0 atom stereocenters. The molecule has 1 saturated carbocycles. The molecule has 0 bridgehead atoms. The third-order valence-electron chi connectivity index (χ3n) is 3.57. The van der Waals surface area contributed by atoms with Crippen molar-refractivity contribution in [1.29, 1.82) is 0 Å². The molecule has 21 heavy (non-hydrogen) atoms. The quantitative estimate of drug-likeness (QED) is 0.846. The summed E-state index contributed by atoms with van der Waals surface area (Å²) in [7, 11) is 0. The van der Waals surface area contributed by atoms with E-state index in [0.717, 1.165) is 18.9 Å². The van der Waals surface area contributed by atoms with Gasteiger partial charge in [-0.25, -0.2) is 9.18 Å². The monoisotopic (exact) mass is 295 g/mol. The summed E-state index contributed by atoms with van der Waals surface area (Å²) in [4.78, 5) is 22.9. The Bertz CT molecular complexity index is 540. The van der Waals surface area contributed by atoms with Crippen LogP contribution >= 0.6 is 0 Å². The van der Waals surface area contributed by atoms with Gasteiger partial charge in [0.25, 0.3) is 0 Å². The van der Waals surface area contributed by atoms with Gasteiger partial charge in [0.05, 0.1) is 11.8 Å². The molecule has 1 aliphatic rings. The van der Waals surface area contributed by atoms with Gasteiger partial charge in [0, 0.05) is 13.0 Å². The maximum absolute atomic E-state index is 13.5. The van der Waals surface area contributed by atoms with Crippen molar-refractivity contribution in [3.63, 3.8) is 0 Å². The van der Waals surface area contributed by atoms with Crippen LogP contribution in [0.1, 0.15) is 36.5 Å². The SMILES string of the molecule is CCOC1CC(CC(=O)Nc2cccc(F)c2C(=O)O)C1. The van der Waals surface area contributed by atoms with Gasteiger partial charge in [0.2, 0.25) is 5.91 Å². The zero-order valence-corrected chi connectivity index (χ0v) is 11.8. The molecule has 0 aromatic heterocycles. The highest BCUT2D eigenvalue weighted by atomic mass is 19.1. The summed E-state index contributed by atoms with van der Waals surface area (Å²) in [5.41, 5.74) is -0.514. The molecule has 114 valence electrons. The molecule has 1 aromatic rings. The fraction of sp³-hybridized carbons (Fsp3) is 0.467. The van der Waals surface area contributed by atoms with Crippen molar-refractivity contribution in [2.24, 2.45) is 5.92 Å². The minimum Gasteiger partial charge on any atom is -0.478 e. The number of carbonyl (C=O) groups is 2. The Morgan fingerprint density at radius 2 is 2.14 bits per heavy atom. The van der Waals surface area contributed by atoms with E-state index in [1.807, 2.05) is 6.92 Å². The number of aromatic carboxylic acids is 1. The van der Waals surface area contributed by atoms with Gasteiger partial charge in [-0.3, -0.25) is 4.79 Å². The number of anilines is 1. The van der Waals surface area contributed by atoms with Crippen molar-refractivity contribution in [2.45, 2.75) is 32.3 Å². The third-order valence-corrected chi connectivity index (χ3v) is 3.57. The lowest BCUT2D eigenvalue weighted by molar-refractivity contribution is -0.119. The lowest BCUT2D eigenvalue weighted by Crippen LogP contribution is -2.34. The van der Waals surface area contributed by atoms with Gasteiger partial charge in [-0.05, 0) is 37.8 Å². The van der Waals surface area contributed by atoms with Crippen LogP contribution < -0.4 is 5.32 Å². The molecule has 0 heterocycles. The maximum Gasteiger partial charge on any atom is 0.340 e. The molecule has 5 nitrogen and oxygen atoms in total. The van der Waals surface area contributed by atoms with Crippen molar-refractivity contribution in [3.05, 3.63) is 29.6 Å². The van der Waals surface area contributed by atoms with E-state index in [1.165, 1.54) is 12.1 Å². The summed E-state index contributed by atoms with van der Waals surface area (Å²) < 4.78 is 18.9. The van der Waals surface area contributed by atoms with Crippen molar-refractivity contribution >= 4 is 17.6 Å². The van der Waals surface area contributed by atoms with Crippen molar-refractivity contribution in [1.82, 2.24) is 0 Å². The minimum absolute atomic E-state index is 0.00631. The Labute approximate surface area is 122 Å². The predicted molar refractivity (Wildman–Crippen MR) is 74.7 cm³/mol. The smallest absolute Gasteiger partial charge is 0.340 e. The van der Waals surface area contributed by atoms with Crippen LogP contribution in [0.2, 0.25) is 0 Å². The molecule has 2 N–H and O–H groups in total. The van der Waals surface area contributed by atoms with Crippen LogP contribution in [0, 0.1) is 11.7 Å². The predicted octanol–water partition coefficient (Wildman–Crippen LogP) is 2.67. The second-order valence-electron chi connectivity index (χ2n) is 5.13. The van der Waals surface area contributed by atoms with Gasteiger partial charge >= 0.3 is 5.97 Å². The van der Waals surface area contributed by atoms with E-state index in [1.54, 1.807) is 0 Å². The standard InChI is InChI=1S/C15H18FNO4/c1-2-21-10-6-9(7-10)8-13(18)17-12-5-3-4-11(16)14(12)15(19)20/h3-5,9-10H,2,6-8H2,1H3,(H,17,18)(H,19,20). The molecular weight excluding hydrogens is 277 g/mol. The number of halogens is 1. The largest absolute Gasteiger partial charge is 0.478 e. The summed E-state index contributed by atoms with van der Waals surface area (Å²) in [5, 5.41) is 11.5. The normalized spacial score (nSPS) is 20.7. The highest BCUT2D eigenvalue weighted by Gasteiger charge is 2.31. The van der Waals surface area contributed by atoms with E-state index in [2.05, 4.69) is 5.32 Å². The number of carboxylic acids is 1. The van der Waals surface area contributed by atoms with Crippen LogP contribution in [0.4, 0.5) is 10.1 Å². The van der Waals surface area contributed by atoms with Crippen molar-refractivity contribution in [2.75, 3.05) is 11.9 Å². The minimum atomic E-state index is -1.40. The van der Waals surface area contributed by atoms with Crippen molar-refractivity contribution < 1.29 is 23.8 Å². The molecule has 0 radical (unpaired) electrons. The zero-order valence-electron chi connectivity index (χ0n) is 11.8. The van der Waals surface area contributed by atoms with E-state index in [9.17, 15) is 14.0 Å². The molecule has 1 aromatic carbocycles. The van der Waals surface area contributed by atoms with E-state index in [-0.39, 0.29) is 23.6 Å². The highest BCUT2D eigenvalue weighted by molar-refractivity contribution is 6.00. The molecule has 1 fully saturated rings. The lowest BCUT2D eigenvalue weighted by atomic mass is 9.80. The van der Waals surface area contributed by atoms with Gasteiger partial charge < -0.3 is 15.2 Å². The van der Waals surface area contributed by atoms with Gasteiger partial charge in [-0.15, -0.1) is 0 Å². The summed E-state index contributed by atoms with van der Waals surface area (Å²) >= 11 is 0. The highest BCUT2D eigenvalue weighted by Crippen LogP contribution is 2.33. The van der Waals surface area contributed by atoms with E-state index in [4.69, 9.17) is 9.84 Å². The van der Waals surface area contributed by atoms with Crippen LogP contribution in [0.5, 0.6) is 0 Å². The number of amides is 1. The van der Waals surface area contributed by atoms with Crippen LogP contribution in [0.15, 0.2) is 18.2 Å². The summed E-state index contributed by atoms with van der Waals surface area (Å²) in [6, 6.07) is 3.80. The Hall–Kier alpha value is -1.95. The van der Waals surface area contributed by atoms with Gasteiger partial charge in [0.15, 0.2) is 0 Å². The van der Waals surface area contributed by atoms with Gasteiger partial charge in [-0.2, -0.15) is 0 Å². The Morgan fingerprint density at radius 1 is 1.43 bits per heavy atom. The molecular formula is C15H18FNO4. The average molecular weight is 295 g/mol. The summed E-state index contributed by atoms with van der Waals surface area (Å²) in [6.45, 7) is 2.59. The number of benzene rings is 1. The van der Waals surface area contributed by atoms with Gasteiger partial charge in [0.1, 0.15) is 11.4 Å². The first-order valence-corrected chi connectivity index (χ1v) is 6.94. The second kappa shape index (κ2) is 6.67. The number of carbonyl (C=O) groups excluding carboxylic acids is 1. The topological polar surface area (TPSA) is 75.6 Å². The molecule has 1 aliphatic carbocycles. The van der Waals surface area contributed by atoms with E-state index >= 15 is 0 Å². The first-order chi connectivity index (χ1) is 10.0. The molecule has 1 amide bonds. The maximum atomic E-state index is 13.5. The van der Waals surface area contributed by atoms with E-state index < -0.39 is 17.3 Å². The summed E-state index contributed by atoms with van der Waals surface area (Å²) in [5.74, 6) is -2.32. The van der Waals surface area contributed by atoms with Crippen LogP contribution in [0.25, 0.3) is 0 Å². The summed E-state index contributed by atoms with van der Waals surface area (Å²) in [6.07, 6.45) is 2.17. The third kappa shape index (κ3) is 3.78. The van der Waals surface area contributed by atoms with Crippen LogP contribution in [-0.2, 0) is 9.53 Å². The number of ether oxygens (including phenoxy) is 1. The first kappa shape index (κ1) is 15.4. The fourth-order valence-electron chi connectivity index (χ4n) is 2.52. The Balaban J connectivity index is 1.92. The number of hydrogen-bond donors (Lipinski definition) is 2. The van der Waals surface area contributed by atoms with E-state index in [0.29, 0.717) is 13.0 Å². The average Bonchev–Trinajstić information content (AvgIpc) is 2.35. The molecule has 0 spiro atoms. The Morgan fingerprint density at radius 3 is 2.76 bits per heavy atom. The molecule has 0 aliphatic heterocycles. The second-order valence-corrected chi connectivity index (χ2v) is 5.13. The molecule has 6 heteroatoms. The van der Waals surface area contributed by atoms with Gasteiger partial charge in [-0.1, -0.05) is 6.07 Å². The molecule has 0 unspecified atom stereocenters. The van der Waals surface area contributed by atoms with Crippen LogP contribution in [-0.4, -0.2) is 29.7 Å². The number of carboxylic acid groups (broad SMARTS) is 1. The number of hydrogen-bond acceptors (Lipinski definition) is 3.